The first-order chi connectivity index (χ1) is 13.4. The number of morpholine rings is 1. The van der Waals surface area contributed by atoms with Crippen molar-refractivity contribution in [2.45, 2.75) is 12.6 Å². The third-order valence-electron chi connectivity index (χ3n) is 4.29. The number of ether oxygens (including phenoxy) is 1. The molecule has 1 aliphatic rings. The maximum absolute atomic E-state index is 12.7. The van der Waals surface area contributed by atoms with Crippen molar-refractivity contribution in [2.75, 3.05) is 31.2 Å². The lowest BCUT2D eigenvalue weighted by Crippen LogP contribution is -2.36. The monoisotopic (exact) mass is 391 g/mol. The number of rotatable bonds is 5. The van der Waals surface area contributed by atoms with Crippen molar-refractivity contribution in [1.29, 1.82) is 0 Å². The van der Waals surface area contributed by atoms with E-state index in [0.29, 0.717) is 13.2 Å². The fraction of sp³-hybridized carbons (Fsp3) is 0.300. The number of amides is 1. The molecule has 0 spiro atoms. The van der Waals surface area contributed by atoms with Crippen LogP contribution >= 0.6 is 0 Å². The molecule has 148 valence electrons. The minimum Gasteiger partial charge on any atom is -0.378 e. The highest BCUT2D eigenvalue weighted by Crippen LogP contribution is 2.29. The molecule has 2 aromatic rings. The molecule has 1 aliphatic heterocycles. The number of alkyl halides is 3. The third kappa shape index (κ3) is 5.56. The molecule has 0 aromatic heterocycles. The van der Waals surface area contributed by atoms with Crippen LogP contribution in [0.15, 0.2) is 53.6 Å². The van der Waals surface area contributed by atoms with E-state index in [0.717, 1.165) is 36.5 Å². The van der Waals surface area contributed by atoms with Crippen LogP contribution in [0, 0.1) is 0 Å². The molecule has 8 heteroatoms. The standard InChI is InChI=1S/C20H20F3N3O2/c21-20(22,23)17-3-1-2-16(12-17)13-19(27)25-24-14-15-4-6-18(7-5-15)26-8-10-28-11-9-26/h1-7,12,14H,8-11,13H2,(H,25,27). The average molecular weight is 391 g/mol. The van der Waals surface area contributed by atoms with Gasteiger partial charge < -0.3 is 9.64 Å². The Bertz CT molecular complexity index is 829. The maximum Gasteiger partial charge on any atom is 0.416 e. The molecule has 28 heavy (non-hydrogen) atoms. The topological polar surface area (TPSA) is 53.9 Å². The van der Waals surface area contributed by atoms with Crippen LogP contribution in [0.4, 0.5) is 18.9 Å². The van der Waals surface area contributed by atoms with Crippen molar-refractivity contribution < 1.29 is 22.7 Å². The predicted molar refractivity (Wildman–Crippen MR) is 100 cm³/mol. The zero-order chi connectivity index (χ0) is 20.0. The van der Waals surface area contributed by atoms with Crippen molar-refractivity contribution in [3.8, 4) is 0 Å². The molecule has 0 radical (unpaired) electrons. The number of anilines is 1. The SMILES string of the molecule is O=C(Cc1cccc(C(F)(F)F)c1)NN=Cc1ccc(N2CCOCC2)cc1. The Morgan fingerprint density at radius 1 is 1.14 bits per heavy atom. The molecule has 2 aromatic carbocycles. The molecule has 3 rings (SSSR count). The molecule has 0 unspecified atom stereocenters. The largest absolute Gasteiger partial charge is 0.416 e. The number of hydrogen-bond acceptors (Lipinski definition) is 4. The molecule has 0 bridgehead atoms. The summed E-state index contributed by atoms with van der Waals surface area (Å²) in [7, 11) is 0. The molecule has 1 amide bonds. The average Bonchev–Trinajstić information content (AvgIpc) is 2.69. The highest BCUT2D eigenvalue weighted by molar-refractivity contribution is 5.83. The van der Waals surface area contributed by atoms with Crippen LogP contribution < -0.4 is 10.3 Å². The molecule has 1 N–H and O–H groups in total. The fourth-order valence-corrected chi connectivity index (χ4v) is 2.85. The van der Waals surface area contributed by atoms with Crippen LogP contribution in [-0.2, 0) is 22.1 Å². The van der Waals surface area contributed by atoms with Gasteiger partial charge in [0.25, 0.3) is 0 Å². The first-order valence-electron chi connectivity index (χ1n) is 8.82. The van der Waals surface area contributed by atoms with E-state index in [4.69, 9.17) is 4.74 Å². The lowest BCUT2D eigenvalue weighted by molar-refractivity contribution is -0.137. The number of carbonyl (C=O) groups excluding carboxylic acids is 1. The number of benzene rings is 2. The Hall–Kier alpha value is -2.87. The third-order valence-corrected chi connectivity index (χ3v) is 4.29. The smallest absolute Gasteiger partial charge is 0.378 e. The summed E-state index contributed by atoms with van der Waals surface area (Å²) in [5.74, 6) is -0.486. The van der Waals surface area contributed by atoms with Gasteiger partial charge in [-0.2, -0.15) is 18.3 Å². The highest BCUT2D eigenvalue weighted by Gasteiger charge is 2.30. The van der Waals surface area contributed by atoms with Gasteiger partial charge in [-0.15, -0.1) is 0 Å². The van der Waals surface area contributed by atoms with E-state index in [9.17, 15) is 18.0 Å². The van der Waals surface area contributed by atoms with E-state index in [1.165, 1.54) is 18.3 Å². The van der Waals surface area contributed by atoms with Gasteiger partial charge in [-0.25, -0.2) is 5.43 Å². The lowest BCUT2D eigenvalue weighted by Gasteiger charge is -2.28. The van der Waals surface area contributed by atoms with Crippen molar-refractivity contribution in [3.63, 3.8) is 0 Å². The second-order valence-electron chi connectivity index (χ2n) is 6.36. The normalized spacial score (nSPS) is 15.0. The second-order valence-corrected chi connectivity index (χ2v) is 6.36. The van der Waals surface area contributed by atoms with Gasteiger partial charge in [0.1, 0.15) is 0 Å². The van der Waals surface area contributed by atoms with Crippen LogP contribution in [0.3, 0.4) is 0 Å². The first-order valence-corrected chi connectivity index (χ1v) is 8.82. The Morgan fingerprint density at radius 2 is 1.86 bits per heavy atom. The van der Waals surface area contributed by atoms with Gasteiger partial charge in [-0.3, -0.25) is 4.79 Å². The Morgan fingerprint density at radius 3 is 2.54 bits per heavy atom. The number of hydrazone groups is 1. The van der Waals surface area contributed by atoms with E-state index in [1.54, 1.807) is 0 Å². The number of hydrogen-bond donors (Lipinski definition) is 1. The highest BCUT2D eigenvalue weighted by atomic mass is 19.4. The van der Waals surface area contributed by atoms with Crippen molar-refractivity contribution >= 4 is 17.8 Å². The van der Waals surface area contributed by atoms with Crippen LogP contribution in [0.25, 0.3) is 0 Å². The number of halogens is 3. The van der Waals surface area contributed by atoms with Crippen molar-refractivity contribution in [2.24, 2.45) is 5.10 Å². The minimum atomic E-state index is -4.43. The summed E-state index contributed by atoms with van der Waals surface area (Å²) in [4.78, 5) is 14.1. The van der Waals surface area contributed by atoms with Crippen molar-refractivity contribution in [1.82, 2.24) is 5.43 Å². The summed E-state index contributed by atoms with van der Waals surface area (Å²) in [6.07, 6.45) is -3.12. The molecular weight excluding hydrogens is 371 g/mol. The Kier molecular flexibility index (Phi) is 6.30. The lowest BCUT2D eigenvalue weighted by atomic mass is 10.1. The number of nitrogens with zero attached hydrogens (tertiary/aromatic N) is 2. The second kappa shape index (κ2) is 8.88. The predicted octanol–water partition coefficient (Wildman–Crippen LogP) is 3.23. The van der Waals surface area contributed by atoms with Gasteiger partial charge in [0, 0.05) is 18.8 Å². The molecule has 5 nitrogen and oxygen atoms in total. The molecule has 0 aliphatic carbocycles. The van der Waals surface area contributed by atoms with Gasteiger partial charge in [-0.05, 0) is 29.3 Å². The minimum absolute atomic E-state index is 0.183. The van der Waals surface area contributed by atoms with Crippen LogP contribution in [0.5, 0.6) is 0 Å². The van der Waals surface area contributed by atoms with E-state index in [1.807, 2.05) is 24.3 Å². The van der Waals surface area contributed by atoms with Gasteiger partial charge >= 0.3 is 6.18 Å². The quantitative estimate of drug-likeness (QED) is 0.629. The van der Waals surface area contributed by atoms with Crippen LogP contribution in [0.1, 0.15) is 16.7 Å². The molecule has 1 heterocycles. The molecule has 0 atom stereocenters. The van der Waals surface area contributed by atoms with Gasteiger partial charge in [-0.1, -0.05) is 30.3 Å². The van der Waals surface area contributed by atoms with Gasteiger partial charge in [0.2, 0.25) is 5.91 Å². The maximum atomic E-state index is 12.7. The number of carbonyl (C=O) groups is 1. The van der Waals surface area contributed by atoms with Crippen molar-refractivity contribution in [3.05, 3.63) is 65.2 Å². The summed E-state index contributed by atoms with van der Waals surface area (Å²) in [6, 6.07) is 12.4. The summed E-state index contributed by atoms with van der Waals surface area (Å²) in [5.41, 5.74) is 3.73. The molecule has 1 fully saturated rings. The van der Waals surface area contributed by atoms with Crippen LogP contribution in [0.2, 0.25) is 0 Å². The zero-order valence-corrected chi connectivity index (χ0v) is 15.1. The molecule has 0 saturated carbocycles. The molecule has 1 saturated heterocycles. The van der Waals surface area contributed by atoms with E-state index >= 15 is 0 Å². The fourth-order valence-electron chi connectivity index (χ4n) is 2.85. The zero-order valence-electron chi connectivity index (χ0n) is 15.1. The van der Waals surface area contributed by atoms with E-state index in [2.05, 4.69) is 15.4 Å². The Balaban J connectivity index is 1.52. The summed E-state index contributed by atoms with van der Waals surface area (Å²) in [6.45, 7) is 3.11. The van der Waals surface area contributed by atoms with E-state index in [-0.39, 0.29) is 12.0 Å². The summed E-state index contributed by atoms with van der Waals surface area (Å²) < 4.78 is 43.5. The number of nitrogens with one attached hydrogen (secondary N) is 1. The summed E-state index contributed by atoms with van der Waals surface area (Å²) in [5, 5.41) is 3.87. The van der Waals surface area contributed by atoms with Gasteiger partial charge in [0.15, 0.2) is 0 Å². The van der Waals surface area contributed by atoms with Crippen LogP contribution in [-0.4, -0.2) is 38.4 Å². The van der Waals surface area contributed by atoms with Gasteiger partial charge in [0.05, 0.1) is 31.4 Å². The van der Waals surface area contributed by atoms with E-state index < -0.39 is 17.6 Å². The summed E-state index contributed by atoms with van der Waals surface area (Å²) >= 11 is 0. The molecular formula is C20H20F3N3O2. The first kappa shape index (κ1) is 19.9. The Labute approximate surface area is 160 Å².